The maximum absolute atomic E-state index is 12.4. The van der Waals surface area contributed by atoms with Gasteiger partial charge >= 0.3 is 0 Å². The van der Waals surface area contributed by atoms with Crippen LogP contribution in [0.2, 0.25) is 10.0 Å². The first-order chi connectivity index (χ1) is 12.0. The SMILES string of the molecule is C=CCN(CC=C)C(=O)c1csc(NC(=O)c2ccc(Cl)cc2Cl)n1. The molecule has 0 unspecified atom stereocenters. The number of aromatic nitrogens is 1. The number of thiazole rings is 1. The molecule has 0 spiro atoms. The van der Waals surface area contributed by atoms with E-state index in [9.17, 15) is 9.59 Å². The van der Waals surface area contributed by atoms with Crippen molar-refractivity contribution in [3.8, 4) is 0 Å². The van der Waals surface area contributed by atoms with Crippen LogP contribution in [0.1, 0.15) is 20.8 Å². The van der Waals surface area contributed by atoms with Crippen LogP contribution >= 0.6 is 34.5 Å². The summed E-state index contributed by atoms with van der Waals surface area (Å²) in [5.41, 5.74) is 0.514. The first-order valence-corrected chi connectivity index (χ1v) is 8.82. The Morgan fingerprint density at radius 1 is 1.24 bits per heavy atom. The van der Waals surface area contributed by atoms with Crippen molar-refractivity contribution in [1.29, 1.82) is 0 Å². The van der Waals surface area contributed by atoms with Crippen LogP contribution in [0, 0.1) is 0 Å². The molecule has 0 aliphatic heterocycles. The van der Waals surface area contributed by atoms with Crippen LogP contribution in [0.25, 0.3) is 0 Å². The van der Waals surface area contributed by atoms with E-state index in [1.54, 1.807) is 23.6 Å². The van der Waals surface area contributed by atoms with E-state index < -0.39 is 5.91 Å². The van der Waals surface area contributed by atoms with Crippen molar-refractivity contribution in [2.75, 3.05) is 18.4 Å². The Kier molecular flexibility index (Phi) is 6.75. The van der Waals surface area contributed by atoms with Gasteiger partial charge in [-0.25, -0.2) is 4.98 Å². The molecular weight excluding hydrogens is 381 g/mol. The summed E-state index contributed by atoms with van der Waals surface area (Å²) in [6, 6.07) is 4.58. The predicted octanol–water partition coefficient (Wildman–Crippen LogP) is 4.52. The highest BCUT2D eigenvalue weighted by Crippen LogP contribution is 2.23. The molecule has 1 heterocycles. The summed E-state index contributed by atoms with van der Waals surface area (Å²) in [5, 5.41) is 5.19. The maximum atomic E-state index is 12.4. The summed E-state index contributed by atoms with van der Waals surface area (Å²) in [6.07, 6.45) is 3.25. The fraction of sp³-hybridized carbons (Fsp3) is 0.118. The Bertz CT molecular complexity index is 810. The fourth-order valence-electron chi connectivity index (χ4n) is 1.98. The van der Waals surface area contributed by atoms with E-state index >= 15 is 0 Å². The summed E-state index contributed by atoms with van der Waals surface area (Å²) in [7, 11) is 0. The second kappa shape index (κ2) is 8.80. The Hall–Kier alpha value is -2.15. The van der Waals surface area contributed by atoms with Crippen molar-refractivity contribution in [1.82, 2.24) is 9.88 Å². The number of nitrogens with zero attached hydrogens (tertiary/aromatic N) is 2. The van der Waals surface area contributed by atoms with Crippen molar-refractivity contribution in [3.63, 3.8) is 0 Å². The lowest BCUT2D eigenvalue weighted by Crippen LogP contribution is -2.31. The molecule has 8 heteroatoms. The van der Waals surface area contributed by atoms with Crippen LogP contribution in [0.5, 0.6) is 0 Å². The van der Waals surface area contributed by atoms with E-state index in [1.807, 2.05) is 0 Å². The Labute approximate surface area is 159 Å². The molecule has 1 aromatic heterocycles. The van der Waals surface area contributed by atoms with E-state index in [2.05, 4.69) is 23.5 Å². The zero-order chi connectivity index (χ0) is 18.4. The number of carbonyl (C=O) groups is 2. The highest BCUT2D eigenvalue weighted by atomic mass is 35.5. The summed E-state index contributed by atoms with van der Waals surface area (Å²) >= 11 is 13.0. The molecule has 2 amide bonds. The number of hydrogen-bond acceptors (Lipinski definition) is 4. The van der Waals surface area contributed by atoms with Crippen molar-refractivity contribution in [3.05, 3.63) is 70.2 Å². The lowest BCUT2D eigenvalue weighted by atomic mass is 10.2. The Balaban J connectivity index is 2.12. The second-order valence-corrected chi connectivity index (χ2v) is 6.61. The minimum atomic E-state index is -0.427. The third-order valence-corrected chi connectivity index (χ3v) is 4.41. The summed E-state index contributed by atoms with van der Waals surface area (Å²) in [6.45, 7) is 8.01. The van der Waals surface area contributed by atoms with E-state index in [0.29, 0.717) is 23.2 Å². The molecule has 2 rings (SSSR count). The van der Waals surface area contributed by atoms with E-state index in [1.165, 1.54) is 17.0 Å². The molecule has 0 radical (unpaired) electrons. The molecule has 0 atom stereocenters. The molecule has 1 aromatic carbocycles. The molecule has 130 valence electrons. The van der Waals surface area contributed by atoms with E-state index in [4.69, 9.17) is 23.2 Å². The third kappa shape index (κ3) is 4.92. The monoisotopic (exact) mass is 395 g/mol. The van der Waals surface area contributed by atoms with Crippen LogP contribution in [0.15, 0.2) is 48.9 Å². The number of rotatable bonds is 7. The number of anilines is 1. The smallest absolute Gasteiger partial charge is 0.273 e. The standard InChI is InChI=1S/C17H15Cl2N3O2S/c1-3-7-22(8-4-2)16(24)14-10-25-17(20-14)21-15(23)12-6-5-11(18)9-13(12)19/h3-6,9-10H,1-2,7-8H2,(H,20,21,23). The highest BCUT2D eigenvalue weighted by Gasteiger charge is 2.18. The van der Waals surface area contributed by atoms with Gasteiger partial charge in [0.2, 0.25) is 0 Å². The molecule has 0 bridgehead atoms. The number of nitrogens with one attached hydrogen (secondary N) is 1. The normalized spacial score (nSPS) is 10.2. The van der Waals surface area contributed by atoms with Gasteiger partial charge in [-0.3, -0.25) is 14.9 Å². The molecule has 5 nitrogen and oxygen atoms in total. The van der Waals surface area contributed by atoms with E-state index in [0.717, 1.165) is 11.3 Å². The van der Waals surface area contributed by atoms with Gasteiger partial charge in [-0.15, -0.1) is 24.5 Å². The zero-order valence-electron chi connectivity index (χ0n) is 13.2. The largest absolute Gasteiger partial charge is 0.330 e. The molecular formula is C17H15Cl2N3O2S. The minimum Gasteiger partial charge on any atom is -0.330 e. The van der Waals surface area contributed by atoms with Crippen molar-refractivity contribution >= 4 is 51.5 Å². The highest BCUT2D eigenvalue weighted by molar-refractivity contribution is 7.14. The zero-order valence-corrected chi connectivity index (χ0v) is 15.5. The van der Waals surface area contributed by atoms with Gasteiger partial charge in [0.1, 0.15) is 5.69 Å². The third-order valence-electron chi connectivity index (χ3n) is 3.11. The molecule has 0 saturated carbocycles. The van der Waals surface area contributed by atoms with Gasteiger partial charge < -0.3 is 4.90 Å². The average Bonchev–Trinajstić information content (AvgIpc) is 3.02. The maximum Gasteiger partial charge on any atom is 0.273 e. The van der Waals surface area contributed by atoms with Crippen LogP contribution in [-0.4, -0.2) is 34.8 Å². The van der Waals surface area contributed by atoms with Gasteiger partial charge in [0.05, 0.1) is 10.6 Å². The first kappa shape index (κ1) is 19.2. The molecule has 2 aromatic rings. The molecule has 1 N–H and O–H groups in total. The number of carbonyl (C=O) groups excluding carboxylic acids is 2. The van der Waals surface area contributed by atoms with Crippen molar-refractivity contribution in [2.45, 2.75) is 0 Å². The second-order valence-electron chi connectivity index (χ2n) is 4.90. The Morgan fingerprint density at radius 2 is 1.92 bits per heavy atom. The number of benzene rings is 1. The number of halogens is 2. The Morgan fingerprint density at radius 3 is 2.52 bits per heavy atom. The fourth-order valence-corrected chi connectivity index (χ4v) is 3.16. The van der Waals surface area contributed by atoms with Gasteiger partial charge in [0, 0.05) is 23.5 Å². The van der Waals surface area contributed by atoms with Gasteiger partial charge in [0.25, 0.3) is 11.8 Å². The first-order valence-electron chi connectivity index (χ1n) is 7.19. The topological polar surface area (TPSA) is 62.3 Å². The molecule has 0 fully saturated rings. The average molecular weight is 396 g/mol. The van der Waals surface area contributed by atoms with Crippen LogP contribution < -0.4 is 5.32 Å². The molecule has 0 aliphatic carbocycles. The molecule has 0 saturated heterocycles. The van der Waals surface area contributed by atoms with E-state index in [-0.39, 0.29) is 22.2 Å². The van der Waals surface area contributed by atoms with Gasteiger partial charge in [-0.1, -0.05) is 35.4 Å². The minimum absolute atomic E-state index is 0.237. The van der Waals surface area contributed by atoms with Gasteiger partial charge in [0.15, 0.2) is 5.13 Å². The van der Waals surface area contributed by atoms with Crippen LogP contribution in [0.3, 0.4) is 0 Å². The predicted molar refractivity (Wildman–Crippen MR) is 103 cm³/mol. The summed E-state index contributed by atoms with van der Waals surface area (Å²) in [4.78, 5) is 30.4. The molecule has 0 aliphatic rings. The van der Waals surface area contributed by atoms with Crippen molar-refractivity contribution in [2.24, 2.45) is 0 Å². The number of amides is 2. The summed E-state index contributed by atoms with van der Waals surface area (Å²) in [5.74, 6) is -0.690. The van der Waals surface area contributed by atoms with Gasteiger partial charge in [-0.2, -0.15) is 0 Å². The summed E-state index contributed by atoms with van der Waals surface area (Å²) < 4.78 is 0. The molecule has 25 heavy (non-hydrogen) atoms. The number of hydrogen-bond donors (Lipinski definition) is 1. The lowest BCUT2D eigenvalue weighted by molar-refractivity contribution is 0.0785. The van der Waals surface area contributed by atoms with Crippen LogP contribution in [-0.2, 0) is 0 Å². The lowest BCUT2D eigenvalue weighted by Gasteiger charge is -2.17. The van der Waals surface area contributed by atoms with Crippen molar-refractivity contribution < 1.29 is 9.59 Å². The van der Waals surface area contributed by atoms with Crippen LogP contribution in [0.4, 0.5) is 5.13 Å². The van der Waals surface area contributed by atoms with Gasteiger partial charge in [-0.05, 0) is 18.2 Å². The quantitative estimate of drug-likeness (QED) is 0.701.